The fraction of sp³-hybridized carbons (Fsp3) is 0.435. The monoisotopic (exact) mass is 406 g/mol. The molecule has 0 aromatic heterocycles. The number of benzene rings is 1. The predicted molar refractivity (Wildman–Crippen MR) is 115 cm³/mol. The maximum atomic E-state index is 13.3. The van der Waals surface area contributed by atoms with Gasteiger partial charge < -0.3 is 14.5 Å². The van der Waals surface area contributed by atoms with Crippen LogP contribution in [0.25, 0.3) is 0 Å². The van der Waals surface area contributed by atoms with E-state index in [1.54, 1.807) is 21.1 Å². The van der Waals surface area contributed by atoms with Crippen LogP contribution in [0.4, 0.5) is 4.79 Å². The Balaban J connectivity index is 2.10. The van der Waals surface area contributed by atoms with Crippen molar-refractivity contribution in [3.63, 3.8) is 0 Å². The summed E-state index contributed by atoms with van der Waals surface area (Å²) in [5.41, 5.74) is -0.788. The van der Waals surface area contributed by atoms with Crippen LogP contribution in [0.2, 0.25) is 0 Å². The molecule has 3 rings (SSSR count). The molecule has 2 aliphatic rings. The first kappa shape index (κ1) is 21.3. The summed E-state index contributed by atoms with van der Waals surface area (Å²) >= 11 is 0. The van der Waals surface area contributed by atoms with E-state index in [1.807, 2.05) is 49.9 Å². The van der Waals surface area contributed by atoms with Crippen LogP contribution in [0.5, 0.6) is 5.75 Å². The van der Waals surface area contributed by atoms with Gasteiger partial charge in [0.05, 0.1) is 13.7 Å². The van der Waals surface area contributed by atoms with E-state index >= 15 is 0 Å². The van der Waals surface area contributed by atoms with E-state index in [0.717, 1.165) is 10.5 Å². The molecule has 7 nitrogen and oxygen atoms in total. The number of likely N-dealkylation sites (N-methyl/N-ethyl adjacent to an activating group) is 1. The van der Waals surface area contributed by atoms with Crippen LogP contribution in [0.15, 0.2) is 29.3 Å². The molecule has 0 radical (unpaired) electrons. The fourth-order valence-corrected chi connectivity index (χ4v) is 3.77. The van der Waals surface area contributed by atoms with Gasteiger partial charge in [-0.3, -0.25) is 9.69 Å². The van der Waals surface area contributed by atoms with E-state index in [9.17, 15) is 9.59 Å². The maximum absolute atomic E-state index is 13.3. The summed E-state index contributed by atoms with van der Waals surface area (Å²) in [6.07, 6.45) is 5.39. The number of hydrogen-bond donors (Lipinski definition) is 0. The number of amides is 3. The lowest BCUT2D eigenvalue weighted by atomic mass is 9.93. The van der Waals surface area contributed by atoms with Crippen LogP contribution in [0.1, 0.15) is 33.3 Å². The van der Waals surface area contributed by atoms with Crippen molar-refractivity contribution in [3.05, 3.63) is 29.8 Å². The van der Waals surface area contributed by atoms with Gasteiger partial charge in [0.15, 0.2) is 17.5 Å². The number of carbonyl (C=O) groups excluding carboxylic acids is 2. The summed E-state index contributed by atoms with van der Waals surface area (Å²) in [4.78, 5) is 35.3. The largest absolute Gasteiger partial charge is 0.497 e. The number of ether oxygens (including phenoxy) is 1. The summed E-state index contributed by atoms with van der Waals surface area (Å²) in [5, 5.41) is 0. The number of aliphatic imine (C=N–C) groups is 1. The summed E-state index contributed by atoms with van der Waals surface area (Å²) < 4.78 is 5.25. The zero-order chi connectivity index (χ0) is 22.3. The molecule has 2 aliphatic heterocycles. The average molecular weight is 406 g/mol. The number of terminal acetylenes is 1. The lowest BCUT2D eigenvalue weighted by Gasteiger charge is -2.49. The number of amidine groups is 1. The minimum absolute atomic E-state index is 0.0859. The molecular formula is C23H26N4O3. The Morgan fingerprint density at radius 3 is 2.57 bits per heavy atom. The molecule has 1 saturated heterocycles. The molecule has 156 valence electrons. The summed E-state index contributed by atoms with van der Waals surface area (Å²) in [7, 11) is 3.23. The van der Waals surface area contributed by atoms with Crippen LogP contribution in [-0.4, -0.2) is 70.4 Å². The molecule has 30 heavy (non-hydrogen) atoms. The number of nitrogens with zero attached hydrogens (tertiary/aromatic N) is 4. The third kappa shape index (κ3) is 3.37. The van der Waals surface area contributed by atoms with E-state index in [4.69, 9.17) is 16.2 Å². The Morgan fingerprint density at radius 1 is 1.27 bits per heavy atom. The molecule has 2 atom stereocenters. The second kappa shape index (κ2) is 7.42. The predicted octanol–water partition coefficient (Wildman–Crippen LogP) is 2.17. The molecular weight excluding hydrogens is 380 g/mol. The topological polar surface area (TPSA) is 65.5 Å². The fourth-order valence-electron chi connectivity index (χ4n) is 3.77. The molecule has 0 aliphatic carbocycles. The van der Waals surface area contributed by atoms with Crippen molar-refractivity contribution in [1.29, 1.82) is 0 Å². The number of methoxy groups -OCH3 is 1. The van der Waals surface area contributed by atoms with Gasteiger partial charge in [0, 0.05) is 18.2 Å². The highest BCUT2D eigenvalue weighted by Gasteiger charge is 2.61. The molecule has 0 N–H and O–H groups in total. The van der Waals surface area contributed by atoms with E-state index in [1.165, 1.54) is 4.90 Å². The minimum atomic E-state index is -1.08. The number of rotatable bonds is 2. The molecule has 1 aromatic rings. The molecule has 0 saturated carbocycles. The molecule has 0 spiro atoms. The number of hydrogen-bond acceptors (Lipinski definition) is 5. The highest BCUT2D eigenvalue weighted by atomic mass is 16.5. The summed E-state index contributed by atoms with van der Waals surface area (Å²) in [5.74, 6) is 9.40. The third-order valence-corrected chi connectivity index (χ3v) is 5.39. The minimum Gasteiger partial charge on any atom is -0.497 e. The van der Waals surface area contributed by atoms with Gasteiger partial charge in [0.1, 0.15) is 5.75 Å². The first-order valence-corrected chi connectivity index (χ1v) is 9.62. The maximum Gasteiger partial charge on any atom is 0.329 e. The molecule has 3 amide bonds. The van der Waals surface area contributed by atoms with Gasteiger partial charge in [-0.05, 0) is 51.8 Å². The van der Waals surface area contributed by atoms with E-state index < -0.39 is 23.3 Å². The van der Waals surface area contributed by atoms with Crippen LogP contribution in [0.3, 0.4) is 0 Å². The second-order valence-electron chi connectivity index (χ2n) is 8.42. The second-order valence-corrected chi connectivity index (χ2v) is 8.42. The van der Waals surface area contributed by atoms with Crippen LogP contribution < -0.4 is 4.74 Å². The molecule has 1 aromatic carbocycles. The van der Waals surface area contributed by atoms with E-state index in [-0.39, 0.29) is 12.5 Å². The van der Waals surface area contributed by atoms with Crippen LogP contribution in [0, 0.1) is 24.2 Å². The Hall–Kier alpha value is -3.45. The highest BCUT2D eigenvalue weighted by Crippen LogP contribution is 2.39. The molecule has 0 bridgehead atoms. The summed E-state index contributed by atoms with van der Waals surface area (Å²) in [6, 6.07) is 6.22. The Morgan fingerprint density at radius 2 is 1.97 bits per heavy atom. The third-order valence-electron chi connectivity index (χ3n) is 5.39. The Bertz CT molecular complexity index is 1020. The van der Waals surface area contributed by atoms with E-state index in [0.29, 0.717) is 11.6 Å². The number of urea groups is 1. The molecule has 2 unspecified atom stereocenters. The van der Waals surface area contributed by atoms with Crippen molar-refractivity contribution in [2.45, 2.75) is 44.9 Å². The lowest BCUT2D eigenvalue weighted by Crippen LogP contribution is -2.72. The standard InChI is InChI=1S/C23H26N4O3/c1-8-14-26-20(28)19-23(5,25(6)21(26)29)24-18(27(19)22(2,3)4)13-12-16-10-9-11-17(15-16)30-7/h1,9-11,15,19H,14H2,2-7H3. The van der Waals surface area contributed by atoms with Crippen molar-refractivity contribution in [3.8, 4) is 29.9 Å². The smallest absolute Gasteiger partial charge is 0.329 e. The zero-order valence-corrected chi connectivity index (χ0v) is 18.2. The highest BCUT2D eigenvalue weighted by molar-refractivity contribution is 6.09. The molecule has 7 heteroatoms. The Labute approximate surface area is 177 Å². The van der Waals surface area contributed by atoms with Crippen molar-refractivity contribution in [1.82, 2.24) is 14.7 Å². The first-order chi connectivity index (χ1) is 14.0. The van der Waals surface area contributed by atoms with Crippen molar-refractivity contribution < 1.29 is 14.3 Å². The van der Waals surface area contributed by atoms with Crippen LogP contribution >= 0.6 is 0 Å². The van der Waals surface area contributed by atoms with E-state index in [2.05, 4.69) is 17.8 Å². The molecule has 1 fully saturated rings. The first-order valence-electron chi connectivity index (χ1n) is 9.62. The average Bonchev–Trinajstić information content (AvgIpc) is 3.02. The number of fused-ring (bicyclic) bond motifs is 1. The van der Waals surface area contributed by atoms with Gasteiger partial charge in [0.25, 0.3) is 5.91 Å². The van der Waals surface area contributed by atoms with Crippen LogP contribution in [-0.2, 0) is 4.79 Å². The van der Waals surface area contributed by atoms with Gasteiger partial charge in [-0.2, -0.15) is 0 Å². The Kier molecular flexibility index (Phi) is 5.26. The van der Waals surface area contributed by atoms with Crippen molar-refractivity contribution in [2.75, 3.05) is 20.7 Å². The SMILES string of the molecule is C#CCN1C(=O)C2N(C(C)(C)C)C(C#Cc3cccc(OC)c3)=NC2(C)N(C)C1=O. The lowest BCUT2D eigenvalue weighted by molar-refractivity contribution is -0.142. The zero-order valence-electron chi connectivity index (χ0n) is 18.2. The van der Waals surface area contributed by atoms with Gasteiger partial charge in [0.2, 0.25) is 0 Å². The quantitative estimate of drug-likeness (QED) is 0.706. The van der Waals surface area contributed by atoms with Gasteiger partial charge in [-0.15, -0.1) is 6.42 Å². The molecule has 2 heterocycles. The van der Waals surface area contributed by atoms with Gasteiger partial charge in [-0.25, -0.2) is 9.79 Å². The van der Waals surface area contributed by atoms with Gasteiger partial charge in [-0.1, -0.05) is 17.9 Å². The van der Waals surface area contributed by atoms with Gasteiger partial charge >= 0.3 is 6.03 Å². The number of carbonyl (C=O) groups is 2. The normalized spacial score (nSPS) is 23.4. The number of imide groups is 1. The van der Waals surface area contributed by atoms with Crippen molar-refractivity contribution >= 4 is 17.8 Å². The summed E-state index contributed by atoms with van der Waals surface area (Å²) in [6.45, 7) is 7.64. The van der Waals surface area contributed by atoms with Crippen molar-refractivity contribution in [2.24, 2.45) is 4.99 Å².